The Morgan fingerprint density at radius 3 is 2.00 bits per heavy atom. The van der Waals surface area contributed by atoms with E-state index < -0.39 is 23.6 Å². The number of hydrogen-bond acceptors (Lipinski definition) is 8. The van der Waals surface area contributed by atoms with Crippen LogP contribution in [0.4, 0.5) is 23.0 Å². The standard InChI is InChI=1S/C28H22N6O5/c29-21-11-10-20(17-4-2-1-3-5-17)16-22(21)31-27(36)19-8-6-18(7-9-19)25(26(30)35)28(37)34(23-12-14-38-32-23)24-13-15-39-33-24/h1-16,25H,29H2,(H2,30,35)(H,31,36). The zero-order valence-corrected chi connectivity index (χ0v) is 20.4. The van der Waals surface area contributed by atoms with E-state index in [1.54, 1.807) is 12.1 Å². The van der Waals surface area contributed by atoms with E-state index in [1.807, 2.05) is 36.4 Å². The highest BCUT2D eigenvalue weighted by Gasteiger charge is 2.35. The van der Waals surface area contributed by atoms with Crippen molar-refractivity contribution in [2.45, 2.75) is 5.92 Å². The summed E-state index contributed by atoms with van der Waals surface area (Å²) in [7, 11) is 0. The summed E-state index contributed by atoms with van der Waals surface area (Å²) >= 11 is 0. The maximum Gasteiger partial charge on any atom is 0.255 e. The summed E-state index contributed by atoms with van der Waals surface area (Å²) in [5.41, 5.74) is 15.0. The Kier molecular flexibility index (Phi) is 6.86. The fourth-order valence-corrected chi connectivity index (χ4v) is 4.04. The molecule has 0 saturated carbocycles. The lowest BCUT2D eigenvalue weighted by Gasteiger charge is -2.21. The molecule has 1 unspecified atom stereocenters. The Labute approximate surface area is 222 Å². The van der Waals surface area contributed by atoms with Gasteiger partial charge in [0.2, 0.25) is 5.91 Å². The summed E-state index contributed by atoms with van der Waals surface area (Å²) in [5.74, 6) is -3.29. The molecule has 11 heteroatoms. The number of carbonyl (C=O) groups excluding carboxylic acids is 3. The van der Waals surface area contributed by atoms with Gasteiger partial charge in [-0.1, -0.05) is 58.8 Å². The minimum atomic E-state index is -1.41. The molecule has 2 aromatic heterocycles. The summed E-state index contributed by atoms with van der Waals surface area (Å²) in [6.45, 7) is 0. The van der Waals surface area contributed by atoms with Crippen molar-refractivity contribution < 1.29 is 23.4 Å². The average Bonchev–Trinajstić information content (AvgIpc) is 3.67. The molecule has 5 rings (SSSR count). The number of anilines is 4. The second-order valence-corrected chi connectivity index (χ2v) is 8.47. The summed E-state index contributed by atoms with van der Waals surface area (Å²) < 4.78 is 9.70. The number of nitrogen functional groups attached to an aromatic ring is 1. The third kappa shape index (κ3) is 5.23. The molecule has 0 spiro atoms. The van der Waals surface area contributed by atoms with Crippen LogP contribution in [0.5, 0.6) is 0 Å². The van der Waals surface area contributed by atoms with Gasteiger partial charge in [0.05, 0.1) is 11.4 Å². The van der Waals surface area contributed by atoms with E-state index >= 15 is 0 Å². The molecule has 194 valence electrons. The van der Waals surface area contributed by atoms with Gasteiger partial charge in [-0.25, -0.2) is 4.90 Å². The van der Waals surface area contributed by atoms with Gasteiger partial charge in [-0.3, -0.25) is 14.4 Å². The van der Waals surface area contributed by atoms with Gasteiger partial charge in [0.1, 0.15) is 18.4 Å². The van der Waals surface area contributed by atoms with Crippen molar-refractivity contribution >= 4 is 40.7 Å². The smallest absolute Gasteiger partial charge is 0.255 e. The fraction of sp³-hybridized carbons (Fsp3) is 0.0357. The molecule has 5 aromatic rings. The van der Waals surface area contributed by atoms with Gasteiger partial charge in [-0.15, -0.1) is 0 Å². The topological polar surface area (TPSA) is 171 Å². The first kappa shape index (κ1) is 25.0. The molecule has 0 aliphatic rings. The number of nitrogens with zero attached hydrogens (tertiary/aromatic N) is 3. The zero-order valence-electron chi connectivity index (χ0n) is 20.4. The molecule has 3 amide bonds. The van der Waals surface area contributed by atoms with Crippen LogP contribution in [-0.4, -0.2) is 28.0 Å². The molecule has 0 radical (unpaired) electrons. The van der Waals surface area contributed by atoms with Gasteiger partial charge in [0.15, 0.2) is 11.6 Å². The van der Waals surface area contributed by atoms with Crippen molar-refractivity contribution in [1.29, 1.82) is 0 Å². The second-order valence-electron chi connectivity index (χ2n) is 8.47. The predicted octanol–water partition coefficient (Wildman–Crippen LogP) is 4.10. The number of nitrogens with two attached hydrogens (primary N) is 2. The van der Waals surface area contributed by atoms with Crippen molar-refractivity contribution in [2.24, 2.45) is 5.73 Å². The first-order valence-corrected chi connectivity index (χ1v) is 11.7. The molecule has 2 heterocycles. The molecule has 0 saturated heterocycles. The summed E-state index contributed by atoms with van der Waals surface area (Å²) in [5, 5.41) is 10.4. The molecule has 0 bridgehead atoms. The third-order valence-corrected chi connectivity index (χ3v) is 5.97. The van der Waals surface area contributed by atoms with E-state index in [1.165, 1.54) is 48.9 Å². The van der Waals surface area contributed by atoms with Crippen LogP contribution in [-0.2, 0) is 9.59 Å². The minimum absolute atomic E-state index is 0.0893. The first-order valence-electron chi connectivity index (χ1n) is 11.7. The molecule has 3 aromatic carbocycles. The van der Waals surface area contributed by atoms with E-state index in [0.717, 1.165) is 16.0 Å². The lowest BCUT2D eigenvalue weighted by Crippen LogP contribution is -2.38. The highest BCUT2D eigenvalue weighted by atomic mass is 16.5. The number of benzene rings is 3. The summed E-state index contributed by atoms with van der Waals surface area (Å²) in [6, 6.07) is 23.9. The Morgan fingerprint density at radius 2 is 1.44 bits per heavy atom. The molecule has 11 nitrogen and oxygen atoms in total. The first-order chi connectivity index (χ1) is 18.9. The van der Waals surface area contributed by atoms with E-state index in [4.69, 9.17) is 20.5 Å². The molecular weight excluding hydrogens is 500 g/mol. The highest BCUT2D eigenvalue weighted by molar-refractivity contribution is 6.14. The molecule has 39 heavy (non-hydrogen) atoms. The highest BCUT2D eigenvalue weighted by Crippen LogP contribution is 2.30. The number of carbonyl (C=O) groups is 3. The molecule has 0 fully saturated rings. The van der Waals surface area contributed by atoms with Crippen LogP contribution < -0.4 is 21.7 Å². The van der Waals surface area contributed by atoms with Crippen LogP contribution >= 0.6 is 0 Å². The minimum Gasteiger partial charge on any atom is -0.397 e. The van der Waals surface area contributed by atoms with Crippen LogP contribution in [0.25, 0.3) is 11.1 Å². The maximum absolute atomic E-state index is 13.5. The van der Waals surface area contributed by atoms with Gasteiger partial charge in [0.25, 0.3) is 11.8 Å². The van der Waals surface area contributed by atoms with Gasteiger partial charge in [0, 0.05) is 17.7 Å². The molecule has 0 aliphatic carbocycles. The fourth-order valence-electron chi connectivity index (χ4n) is 4.04. The lowest BCUT2D eigenvalue weighted by atomic mass is 9.95. The largest absolute Gasteiger partial charge is 0.397 e. The van der Waals surface area contributed by atoms with E-state index in [-0.39, 0.29) is 22.8 Å². The van der Waals surface area contributed by atoms with Crippen molar-refractivity contribution in [2.75, 3.05) is 16.0 Å². The third-order valence-electron chi connectivity index (χ3n) is 5.97. The number of rotatable bonds is 8. The Balaban J connectivity index is 1.38. The van der Waals surface area contributed by atoms with E-state index in [9.17, 15) is 14.4 Å². The van der Waals surface area contributed by atoms with Crippen molar-refractivity contribution in [3.8, 4) is 11.1 Å². The van der Waals surface area contributed by atoms with E-state index in [0.29, 0.717) is 11.4 Å². The number of hydrogen-bond donors (Lipinski definition) is 3. The normalized spacial score (nSPS) is 11.5. The van der Waals surface area contributed by atoms with Gasteiger partial charge < -0.3 is 25.8 Å². The van der Waals surface area contributed by atoms with Crippen LogP contribution in [0.1, 0.15) is 21.8 Å². The summed E-state index contributed by atoms with van der Waals surface area (Å²) in [4.78, 5) is 40.0. The van der Waals surface area contributed by atoms with Crippen LogP contribution in [0.3, 0.4) is 0 Å². The average molecular weight is 523 g/mol. The Bertz CT molecular complexity index is 1570. The monoisotopic (exact) mass is 522 g/mol. The van der Waals surface area contributed by atoms with Gasteiger partial charge >= 0.3 is 0 Å². The quantitative estimate of drug-likeness (QED) is 0.202. The van der Waals surface area contributed by atoms with E-state index in [2.05, 4.69) is 15.6 Å². The zero-order chi connectivity index (χ0) is 27.4. The van der Waals surface area contributed by atoms with Crippen molar-refractivity contribution in [1.82, 2.24) is 10.3 Å². The number of amides is 3. The Hall–Kier alpha value is -5.71. The van der Waals surface area contributed by atoms with Gasteiger partial charge in [-0.2, -0.15) is 0 Å². The molecule has 1 atom stereocenters. The van der Waals surface area contributed by atoms with Crippen molar-refractivity contribution in [3.63, 3.8) is 0 Å². The Morgan fingerprint density at radius 1 is 0.795 bits per heavy atom. The maximum atomic E-state index is 13.5. The number of aromatic nitrogens is 2. The molecule has 0 aliphatic heterocycles. The van der Waals surface area contributed by atoms with Crippen LogP contribution in [0, 0.1) is 0 Å². The number of nitrogens with one attached hydrogen (secondary N) is 1. The second kappa shape index (κ2) is 10.7. The SMILES string of the molecule is NC(=O)C(C(=O)N(c1ccon1)c1ccon1)c1ccc(C(=O)Nc2cc(-c3ccccc3)ccc2N)cc1. The number of primary amides is 1. The predicted molar refractivity (Wildman–Crippen MR) is 143 cm³/mol. The van der Waals surface area contributed by atoms with Crippen molar-refractivity contribution in [3.05, 3.63) is 109 Å². The molecule has 5 N–H and O–H groups in total. The summed E-state index contributed by atoms with van der Waals surface area (Å²) in [6.07, 6.45) is 2.54. The molecular formula is C28H22N6O5. The van der Waals surface area contributed by atoms with Crippen LogP contribution in [0.2, 0.25) is 0 Å². The van der Waals surface area contributed by atoms with Gasteiger partial charge in [-0.05, 0) is 41.0 Å². The lowest BCUT2D eigenvalue weighted by molar-refractivity contribution is -0.128. The van der Waals surface area contributed by atoms with Crippen LogP contribution in [0.15, 0.2) is 107 Å².